The molecule has 0 aliphatic carbocycles. The molecular formula is C16H30N2S. The molecule has 3 heteroatoms. The Bertz CT molecular complexity index is 327. The first kappa shape index (κ1) is 16.7. The highest BCUT2D eigenvalue weighted by molar-refractivity contribution is 7.09. The van der Waals surface area contributed by atoms with Gasteiger partial charge in [0.1, 0.15) is 0 Å². The van der Waals surface area contributed by atoms with Crippen LogP contribution in [0.3, 0.4) is 0 Å². The minimum Gasteiger partial charge on any atom is -0.315 e. The van der Waals surface area contributed by atoms with Crippen LogP contribution >= 0.6 is 11.3 Å². The molecule has 19 heavy (non-hydrogen) atoms. The monoisotopic (exact) mass is 282 g/mol. The maximum absolute atomic E-state index is 3.60. The van der Waals surface area contributed by atoms with Crippen molar-refractivity contribution < 1.29 is 0 Å². The predicted molar refractivity (Wildman–Crippen MR) is 87.1 cm³/mol. The minimum absolute atomic E-state index is 0.266. The summed E-state index contributed by atoms with van der Waals surface area (Å²) in [7, 11) is 2.11. The van der Waals surface area contributed by atoms with Crippen LogP contribution in [0.4, 0.5) is 0 Å². The van der Waals surface area contributed by atoms with E-state index in [1.165, 1.54) is 17.7 Å². The van der Waals surface area contributed by atoms with Crippen molar-refractivity contribution in [2.45, 2.75) is 58.5 Å². The Balaban J connectivity index is 2.98. The first-order chi connectivity index (χ1) is 9.18. The third kappa shape index (κ3) is 3.59. The molecule has 0 aromatic carbocycles. The standard InChI is InChI=1S/C16H30N2S/c1-6-16(7-2,18(8-3)9-4)15(17-5)13-14-11-10-12-19-14/h10-12,15,17H,6-9,13H2,1-5H3. The second kappa shape index (κ2) is 8.03. The second-order valence-corrected chi connectivity index (χ2v) is 6.14. The molecule has 0 radical (unpaired) electrons. The van der Waals surface area contributed by atoms with E-state index in [4.69, 9.17) is 0 Å². The van der Waals surface area contributed by atoms with Gasteiger partial charge >= 0.3 is 0 Å². The van der Waals surface area contributed by atoms with Gasteiger partial charge < -0.3 is 5.32 Å². The minimum atomic E-state index is 0.266. The first-order valence-electron chi connectivity index (χ1n) is 7.63. The smallest absolute Gasteiger partial charge is 0.0360 e. The Morgan fingerprint density at radius 3 is 2.21 bits per heavy atom. The van der Waals surface area contributed by atoms with Crippen molar-refractivity contribution >= 4 is 11.3 Å². The number of hydrogen-bond donors (Lipinski definition) is 1. The fourth-order valence-corrected chi connectivity index (χ4v) is 4.21. The molecule has 1 aromatic heterocycles. The summed E-state index contributed by atoms with van der Waals surface area (Å²) in [5, 5.41) is 5.78. The van der Waals surface area contributed by atoms with E-state index in [1.807, 2.05) is 11.3 Å². The normalized spacial score (nSPS) is 14.0. The molecule has 0 amide bonds. The SMILES string of the molecule is CCN(CC)C(CC)(CC)C(Cc1cccs1)NC. The number of nitrogens with zero attached hydrogens (tertiary/aromatic N) is 1. The number of hydrogen-bond acceptors (Lipinski definition) is 3. The predicted octanol–water partition coefficient (Wildman–Crippen LogP) is 3.78. The lowest BCUT2D eigenvalue weighted by molar-refractivity contribution is 0.0522. The van der Waals surface area contributed by atoms with Gasteiger partial charge in [-0.05, 0) is 50.8 Å². The molecule has 1 rings (SSSR count). The van der Waals surface area contributed by atoms with Gasteiger partial charge in [0.25, 0.3) is 0 Å². The zero-order valence-corrected chi connectivity index (χ0v) is 14.0. The number of thiophene rings is 1. The Hall–Kier alpha value is -0.380. The maximum atomic E-state index is 3.60. The molecular weight excluding hydrogens is 252 g/mol. The van der Waals surface area contributed by atoms with Crippen LogP contribution in [-0.4, -0.2) is 36.6 Å². The molecule has 1 unspecified atom stereocenters. The van der Waals surface area contributed by atoms with Crippen molar-refractivity contribution in [2.24, 2.45) is 0 Å². The van der Waals surface area contributed by atoms with Crippen LogP contribution < -0.4 is 5.32 Å². The summed E-state index contributed by atoms with van der Waals surface area (Å²) in [4.78, 5) is 4.12. The molecule has 0 spiro atoms. The van der Waals surface area contributed by atoms with Crippen LogP contribution in [0.2, 0.25) is 0 Å². The van der Waals surface area contributed by atoms with Crippen LogP contribution in [-0.2, 0) is 6.42 Å². The average Bonchev–Trinajstić information content (AvgIpc) is 2.95. The molecule has 0 fully saturated rings. The number of nitrogens with one attached hydrogen (secondary N) is 1. The van der Waals surface area contributed by atoms with Gasteiger partial charge in [-0.1, -0.05) is 33.8 Å². The summed E-state index contributed by atoms with van der Waals surface area (Å²) in [5.41, 5.74) is 0.266. The summed E-state index contributed by atoms with van der Waals surface area (Å²) < 4.78 is 0. The molecule has 0 aliphatic heterocycles. The largest absolute Gasteiger partial charge is 0.315 e. The highest BCUT2D eigenvalue weighted by atomic mass is 32.1. The molecule has 1 atom stereocenters. The van der Waals surface area contributed by atoms with Crippen molar-refractivity contribution in [3.8, 4) is 0 Å². The topological polar surface area (TPSA) is 15.3 Å². The fourth-order valence-electron chi connectivity index (χ4n) is 3.45. The second-order valence-electron chi connectivity index (χ2n) is 5.11. The van der Waals surface area contributed by atoms with Crippen molar-refractivity contribution in [1.29, 1.82) is 0 Å². The van der Waals surface area contributed by atoms with E-state index in [0.717, 1.165) is 19.5 Å². The first-order valence-corrected chi connectivity index (χ1v) is 8.51. The van der Waals surface area contributed by atoms with E-state index in [2.05, 4.69) is 62.5 Å². The van der Waals surface area contributed by atoms with Crippen LogP contribution in [0.15, 0.2) is 17.5 Å². The summed E-state index contributed by atoms with van der Waals surface area (Å²) >= 11 is 1.87. The Morgan fingerprint density at radius 1 is 1.21 bits per heavy atom. The van der Waals surface area contributed by atoms with Gasteiger partial charge in [0.15, 0.2) is 0 Å². The molecule has 110 valence electrons. The van der Waals surface area contributed by atoms with Crippen molar-refractivity contribution in [3.05, 3.63) is 22.4 Å². The van der Waals surface area contributed by atoms with Crippen LogP contribution in [0.25, 0.3) is 0 Å². The molecule has 0 saturated carbocycles. The quantitative estimate of drug-likeness (QED) is 0.741. The van der Waals surface area contributed by atoms with Crippen molar-refractivity contribution in [2.75, 3.05) is 20.1 Å². The molecule has 1 N–H and O–H groups in total. The lowest BCUT2D eigenvalue weighted by Gasteiger charge is -2.48. The molecule has 0 aliphatic rings. The maximum Gasteiger partial charge on any atom is 0.0360 e. The summed E-state index contributed by atoms with van der Waals surface area (Å²) in [6, 6.07) is 4.93. The molecule has 0 saturated heterocycles. The third-order valence-electron chi connectivity index (χ3n) is 4.60. The fraction of sp³-hybridized carbons (Fsp3) is 0.750. The van der Waals surface area contributed by atoms with Gasteiger partial charge in [0.2, 0.25) is 0 Å². The van der Waals surface area contributed by atoms with E-state index >= 15 is 0 Å². The number of rotatable bonds is 9. The van der Waals surface area contributed by atoms with Crippen LogP contribution in [0, 0.1) is 0 Å². The van der Waals surface area contributed by atoms with Gasteiger partial charge in [0.05, 0.1) is 0 Å². The van der Waals surface area contributed by atoms with E-state index < -0.39 is 0 Å². The summed E-state index contributed by atoms with van der Waals surface area (Å²) in [6.07, 6.45) is 3.52. The lowest BCUT2D eigenvalue weighted by Crippen LogP contribution is -2.61. The molecule has 1 aromatic rings. The highest BCUT2D eigenvalue weighted by Gasteiger charge is 2.39. The van der Waals surface area contributed by atoms with E-state index in [0.29, 0.717) is 6.04 Å². The van der Waals surface area contributed by atoms with Crippen LogP contribution in [0.1, 0.15) is 45.4 Å². The molecule has 2 nitrogen and oxygen atoms in total. The van der Waals surface area contributed by atoms with Crippen molar-refractivity contribution in [1.82, 2.24) is 10.2 Å². The average molecular weight is 282 g/mol. The zero-order valence-electron chi connectivity index (χ0n) is 13.2. The van der Waals surface area contributed by atoms with Crippen LogP contribution in [0.5, 0.6) is 0 Å². The third-order valence-corrected chi connectivity index (χ3v) is 5.50. The lowest BCUT2D eigenvalue weighted by atomic mass is 9.80. The summed E-state index contributed by atoms with van der Waals surface area (Å²) in [5.74, 6) is 0. The number of likely N-dealkylation sites (N-methyl/N-ethyl adjacent to an activating group) is 2. The zero-order chi connectivity index (χ0) is 14.3. The Labute approximate surface area is 123 Å². The van der Waals surface area contributed by atoms with Gasteiger partial charge in [0, 0.05) is 16.5 Å². The molecule has 0 bridgehead atoms. The molecule has 1 heterocycles. The van der Waals surface area contributed by atoms with Gasteiger partial charge in [-0.3, -0.25) is 4.90 Å². The summed E-state index contributed by atoms with van der Waals surface area (Å²) in [6.45, 7) is 11.5. The van der Waals surface area contributed by atoms with E-state index in [9.17, 15) is 0 Å². The van der Waals surface area contributed by atoms with Gasteiger partial charge in [-0.2, -0.15) is 0 Å². The van der Waals surface area contributed by atoms with Gasteiger partial charge in [-0.25, -0.2) is 0 Å². The van der Waals surface area contributed by atoms with Crippen molar-refractivity contribution in [3.63, 3.8) is 0 Å². The van der Waals surface area contributed by atoms with E-state index in [1.54, 1.807) is 0 Å². The highest BCUT2D eigenvalue weighted by Crippen LogP contribution is 2.30. The Kier molecular flexibility index (Phi) is 7.05. The Morgan fingerprint density at radius 2 is 1.84 bits per heavy atom. The van der Waals surface area contributed by atoms with Gasteiger partial charge in [-0.15, -0.1) is 11.3 Å². The van der Waals surface area contributed by atoms with E-state index in [-0.39, 0.29) is 5.54 Å².